The fraction of sp³-hybridized carbons (Fsp3) is 0.368. The lowest BCUT2D eigenvalue weighted by Gasteiger charge is -2.42. The second kappa shape index (κ2) is 7.77. The molecule has 0 bridgehead atoms. The normalized spacial score (nSPS) is 17.0. The summed E-state index contributed by atoms with van der Waals surface area (Å²) in [5.41, 5.74) is 2.95. The molecule has 1 fully saturated rings. The molecule has 0 N–H and O–H groups in total. The number of hydrogen-bond acceptors (Lipinski definition) is 0. The van der Waals surface area contributed by atoms with E-state index in [1.807, 2.05) is 0 Å². The molecule has 1 aliphatic heterocycles. The zero-order valence-electron chi connectivity index (χ0n) is 12.5. The summed E-state index contributed by atoms with van der Waals surface area (Å²) in [6.45, 7) is 5.00. The van der Waals surface area contributed by atoms with Crippen LogP contribution in [0, 0.1) is 0 Å². The third-order valence-electron chi connectivity index (χ3n) is 4.49. The molecule has 0 saturated carbocycles. The minimum absolute atomic E-state index is 0. The Balaban J connectivity index is 0.00000161. The first-order valence-corrected chi connectivity index (χ1v) is 7.79. The molecule has 1 aliphatic rings. The molecule has 0 aromatic heterocycles. The largest absolute Gasteiger partial charge is 1.00 e. The molecule has 0 spiro atoms. The highest BCUT2D eigenvalue weighted by Gasteiger charge is 2.30. The van der Waals surface area contributed by atoms with Gasteiger partial charge in [-0.05, 0) is 19.3 Å². The number of likely N-dealkylation sites (tertiary alicyclic amines) is 1. The van der Waals surface area contributed by atoms with Crippen LogP contribution in [-0.2, 0) is 13.1 Å². The van der Waals surface area contributed by atoms with Gasteiger partial charge in [-0.3, -0.25) is 0 Å². The van der Waals surface area contributed by atoms with Crippen LogP contribution in [0.25, 0.3) is 0 Å². The summed E-state index contributed by atoms with van der Waals surface area (Å²) in [7, 11) is 0. The van der Waals surface area contributed by atoms with Crippen LogP contribution >= 0.6 is 0 Å². The van der Waals surface area contributed by atoms with E-state index in [-0.39, 0.29) is 17.0 Å². The van der Waals surface area contributed by atoms with Crippen molar-refractivity contribution in [1.82, 2.24) is 0 Å². The fourth-order valence-corrected chi connectivity index (χ4v) is 3.50. The summed E-state index contributed by atoms with van der Waals surface area (Å²) < 4.78 is 1.23. The van der Waals surface area contributed by atoms with E-state index in [0.717, 1.165) is 0 Å². The molecule has 1 nitrogen and oxygen atoms in total. The van der Waals surface area contributed by atoms with E-state index in [1.54, 1.807) is 0 Å². The first kappa shape index (κ1) is 16.3. The topological polar surface area (TPSA) is 0 Å². The Morgan fingerprint density at radius 1 is 0.619 bits per heavy atom. The first-order chi connectivity index (χ1) is 9.86. The van der Waals surface area contributed by atoms with Crippen molar-refractivity contribution < 1.29 is 21.5 Å². The van der Waals surface area contributed by atoms with Crippen molar-refractivity contribution in [2.45, 2.75) is 32.4 Å². The molecule has 0 aliphatic carbocycles. The number of quaternary nitrogens is 1. The average Bonchev–Trinajstić information content (AvgIpc) is 2.50. The van der Waals surface area contributed by atoms with Gasteiger partial charge in [-0.15, -0.1) is 0 Å². The van der Waals surface area contributed by atoms with Gasteiger partial charge in [0.1, 0.15) is 13.1 Å². The predicted octanol–water partition coefficient (Wildman–Crippen LogP) is 1.39. The molecular weight excluding hydrogens is 322 g/mol. The van der Waals surface area contributed by atoms with Crippen molar-refractivity contribution in [2.75, 3.05) is 13.1 Å². The van der Waals surface area contributed by atoms with Crippen LogP contribution in [0.3, 0.4) is 0 Å². The smallest absolute Gasteiger partial charge is 0.105 e. The quantitative estimate of drug-likeness (QED) is 0.734. The van der Waals surface area contributed by atoms with E-state index in [0.29, 0.717) is 0 Å². The Morgan fingerprint density at radius 2 is 1.05 bits per heavy atom. The van der Waals surface area contributed by atoms with Gasteiger partial charge in [-0.2, -0.15) is 0 Å². The zero-order chi connectivity index (χ0) is 13.7. The lowest BCUT2D eigenvalue weighted by molar-refractivity contribution is -0.957. The molecule has 3 rings (SSSR count). The highest BCUT2D eigenvalue weighted by Crippen LogP contribution is 2.26. The number of benzene rings is 2. The van der Waals surface area contributed by atoms with E-state index in [1.165, 1.54) is 61.1 Å². The Kier molecular flexibility index (Phi) is 6.01. The Morgan fingerprint density at radius 3 is 1.48 bits per heavy atom. The van der Waals surface area contributed by atoms with Crippen LogP contribution in [0.15, 0.2) is 60.7 Å². The monoisotopic (exact) mass is 345 g/mol. The van der Waals surface area contributed by atoms with E-state index in [2.05, 4.69) is 60.7 Å². The maximum absolute atomic E-state index is 2.28. The maximum atomic E-state index is 2.28. The van der Waals surface area contributed by atoms with Gasteiger partial charge >= 0.3 is 0 Å². The first-order valence-electron chi connectivity index (χ1n) is 7.79. The van der Waals surface area contributed by atoms with Crippen LogP contribution in [0.1, 0.15) is 30.4 Å². The Labute approximate surface area is 139 Å². The van der Waals surface area contributed by atoms with Crippen molar-refractivity contribution in [3.63, 3.8) is 0 Å². The van der Waals surface area contributed by atoms with Crippen molar-refractivity contribution in [2.24, 2.45) is 0 Å². The molecule has 0 atom stereocenters. The minimum atomic E-state index is 0. The van der Waals surface area contributed by atoms with Gasteiger partial charge in [0.2, 0.25) is 0 Å². The third kappa shape index (κ3) is 4.42. The van der Waals surface area contributed by atoms with Gasteiger partial charge in [0.05, 0.1) is 13.1 Å². The second-order valence-corrected chi connectivity index (χ2v) is 6.14. The molecule has 112 valence electrons. The molecule has 2 heteroatoms. The van der Waals surface area contributed by atoms with Gasteiger partial charge in [0.25, 0.3) is 0 Å². The van der Waals surface area contributed by atoms with Crippen molar-refractivity contribution >= 4 is 0 Å². The number of halogens is 1. The summed E-state index contributed by atoms with van der Waals surface area (Å²) in [6, 6.07) is 22.0. The van der Waals surface area contributed by atoms with Crippen LogP contribution in [-0.4, -0.2) is 17.6 Å². The third-order valence-corrected chi connectivity index (χ3v) is 4.49. The molecule has 2 aromatic carbocycles. The lowest BCUT2D eigenvalue weighted by atomic mass is 10.0. The summed E-state index contributed by atoms with van der Waals surface area (Å²) in [4.78, 5) is 0. The van der Waals surface area contributed by atoms with E-state index in [9.17, 15) is 0 Å². The number of rotatable bonds is 4. The van der Waals surface area contributed by atoms with E-state index < -0.39 is 0 Å². The van der Waals surface area contributed by atoms with Gasteiger partial charge in [0.15, 0.2) is 0 Å². The van der Waals surface area contributed by atoms with E-state index in [4.69, 9.17) is 0 Å². The van der Waals surface area contributed by atoms with Gasteiger partial charge < -0.3 is 21.5 Å². The maximum Gasteiger partial charge on any atom is 0.105 e. The standard InChI is InChI=1S/C19H24N.BrH/c1-4-10-18(11-5-1)16-20(14-8-3-9-15-20)17-19-12-6-2-7-13-19;/h1-2,4-7,10-13H,3,8-9,14-17H2;1H/q+1;/p-1. The van der Waals surface area contributed by atoms with Crippen LogP contribution in [0.5, 0.6) is 0 Å². The average molecular weight is 346 g/mol. The summed E-state index contributed by atoms with van der Waals surface area (Å²) in [5, 5.41) is 0. The SMILES string of the molecule is [Br-].c1ccc(C[N+]2(Cc3ccccc3)CCCCC2)cc1. The zero-order valence-corrected chi connectivity index (χ0v) is 14.1. The lowest BCUT2D eigenvalue weighted by Crippen LogP contribution is -3.00. The van der Waals surface area contributed by atoms with Crippen molar-refractivity contribution in [3.05, 3.63) is 71.8 Å². The summed E-state index contributed by atoms with van der Waals surface area (Å²) >= 11 is 0. The molecule has 21 heavy (non-hydrogen) atoms. The molecular formula is C19H24BrN. The molecule has 0 amide bonds. The van der Waals surface area contributed by atoms with Crippen LogP contribution in [0.2, 0.25) is 0 Å². The summed E-state index contributed by atoms with van der Waals surface area (Å²) in [6.07, 6.45) is 4.16. The highest BCUT2D eigenvalue weighted by molar-refractivity contribution is 5.15. The van der Waals surface area contributed by atoms with Crippen molar-refractivity contribution in [1.29, 1.82) is 0 Å². The predicted molar refractivity (Wildman–Crippen MR) is 84.1 cm³/mol. The second-order valence-electron chi connectivity index (χ2n) is 6.14. The fourth-order valence-electron chi connectivity index (χ4n) is 3.50. The number of hydrogen-bond donors (Lipinski definition) is 0. The molecule has 1 saturated heterocycles. The van der Waals surface area contributed by atoms with Crippen LogP contribution in [0.4, 0.5) is 0 Å². The van der Waals surface area contributed by atoms with Crippen LogP contribution < -0.4 is 17.0 Å². The van der Waals surface area contributed by atoms with Crippen molar-refractivity contribution in [3.8, 4) is 0 Å². The van der Waals surface area contributed by atoms with E-state index >= 15 is 0 Å². The minimum Gasteiger partial charge on any atom is -1.00 e. The highest BCUT2D eigenvalue weighted by atomic mass is 79.9. The molecule has 0 unspecified atom stereocenters. The van der Waals surface area contributed by atoms with Gasteiger partial charge in [-0.1, -0.05) is 60.7 Å². The molecule has 1 heterocycles. The Bertz CT molecular complexity index is 474. The Hall–Kier alpha value is -1.12. The number of piperidine rings is 1. The molecule has 0 radical (unpaired) electrons. The molecule has 2 aromatic rings. The van der Waals surface area contributed by atoms with Gasteiger partial charge in [0, 0.05) is 11.1 Å². The van der Waals surface area contributed by atoms with Gasteiger partial charge in [-0.25, -0.2) is 0 Å². The number of nitrogens with zero attached hydrogens (tertiary/aromatic N) is 1. The summed E-state index contributed by atoms with van der Waals surface area (Å²) in [5.74, 6) is 0.